The van der Waals surface area contributed by atoms with Crippen LogP contribution in [0.5, 0.6) is 5.75 Å². The molecule has 9 heteroatoms. The minimum Gasteiger partial charge on any atom is -0.507 e. The van der Waals surface area contributed by atoms with Crippen LogP contribution in [0.25, 0.3) is 22.4 Å². The third kappa shape index (κ3) is 3.15. The average molecular weight is 395 g/mol. The zero-order valence-corrected chi connectivity index (χ0v) is 16.2. The molecule has 8 nitrogen and oxygen atoms in total. The van der Waals surface area contributed by atoms with Gasteiger partial charge in [-0.3, -0.25) is 4.98 Å². The smallest absolute Gasteiger partial charge is 0.185 e. The fraction of sp³-hybridized carbons (Fsp3) is 0.450. The Balaban J connectivity index is 1.42. The number of nitrogens with zero attached hydrogens (tertiary/aromatic N) is 6. The van der Waals surface area contributed by atoms with Crippen molar-refractivity contribution in [3.8, 4) is 17.1 Å². The van der Waals surface area contributed by atoms with E-state index in [4.69, 9.17) is 0 Å². The summed E-state index contributed by atoms with van der Waals surface area (Å²) in [4.78, 5) is 14.9. The molecule has 0 spiro atoms. The minimum absolute atomic E-state index is 0.0130. The number of hydrogen-bond acceptors (Lipinski definition) is 8. The van der Waals surface area contributed by atoms with Gasteiger partial charge in [0.05, 0.1) is 34.5 Å². The van der Waals surface area contributed by atoms with Crippen molar-refractivity contribution in [1.82, 2.24) is 30.5 Å². The molecule has 0 saturated carbocycles. The van der Waals surface area contributed by atoms with E-state index in [1.165, 1.54) is 0 Å². The second-order valence-electron chi connectivity index (χ2n) is 7.92. The average Bonchev–Trinajstić information content (AvgIpc) is 3.13. The van der Waals surface area contributed by atoms with E-state index < -0.39 is 6.17 Å². The third-order valence-corrected chi connectivity index (χ3v) is 5.98. The number of piperidine rings is 1. The van der Waals surface area contributed by atoms with E-state index in [2.05, 4.69) is 30.5 Å². The van der Waals surface area contributed by atoms with Gasteiger partial charge in [-0.15, -0.1) is 10.2 Å². The molecule has 0 amide bonds. The molecule has 2 unspecified atom stereocenters. The number of phenols is 1. The van der Waals surface area contributed by atoms with Gasteiger partial charge in [-0.2, -0.15) is 0 Å². The highest BCUT2D eigenvalue weighted by Crippen LogP contribution is 2.34. The summed E-state index contributed by atoms with van der Waals surface area (Å²) < 4.78 is 14.8. The molecule has 2 N–H and O–H groups in total. The Kier molecular flexibility index (Phi) is 4.27. The zero-order chi connectivity index (χ0) is 20.1. The van der Waals surface area contributed by atoms with E-state index >= 15 is 0 Å². The number of alkyl halides is 1. The van der Waals surface area contributed by atoms with Crippen LogP contribution in [-0.2, 0) is 0 Å². The normalized spacial score (nSPS) is 26.0. The molecule has 0 radical (unpaired) electrons. The first kappa shape index (κ1) is 18.1. The fourth-order valence-corrected chi connectivity index (χ4v) is 4.39. The highest BCUT2D eigenvalue weighted by Gasteiger charge is 2.43. The molecule has 2 aliphatic heterocycles. The second kappa shape index (κ2) is 6.84. The Morgan fingerprint density at radius 1 is 1.14 bits per heavy atom. The number of nitrogens with one attached hydrogen (secondary N) is 1. The number of phenolic OH excluding ortho intramolecular Hbond substituents is 1. The van der Waals surface area contributed by atoms with Crippen molar-refractivity contribution >= 4 is 16.9 Å². The maximum Gasteiger partial charge on any atom is 0.185 e. The van der Waals surface area contributed by atoms with Crippen molar-refractivity contribution in [2.24, 2.45) is 0 Å². The summed E-state index contributed by atoms with van der Waals surface area (Å²) >= 11 is 0. The van der Waals surface area contributed by atoms with Gasteiger partial charge in [0.25, 0.3) is 0 Å². The fourth-order valence-electron chi connectivity index (χ4n) is 4.39. The van der Waals surface area contributed by atoms with Crippen molar-refractivity contribution < 1.29 is 9.50 Å². The van der Waals surface area contributed by atoms with E-state index in [9.17, 15) is 9.50 Å². The number of aromatic hydroxyl groups is 1. The summed E-state index contributed by atoms with van der Waals surface area (Å²) in [5, 5.41) is 22.2. The predicted molar refractivity (Wildman–Crippen MR) is 106 cm³/mol. The highest BCUT2D eigenvalue weighted by atomic mass is 19.1. The Bertz CT molecular complexity index is 1060. The van der Waals surface area contributed by atoms with Crippen LogP contribution in [0.2, 0.25) is 0 Å². The van der Waals surface area contributed by atoms with Crippen LogP contribution in [-0.4, -0.2) is 61.6 Å². The molecule has 2 aliphatic rings. The Labute approximate surface area is 167 Å². The van der Waals surface area contributed by atoms with Crippen LogP contribution in [0, 0.1) is 6.92 Å². The summed E-state index contributed by atoms with van der Waals surface area (Å²) in [6, 6.07) is 3.27. The van der Waals surface area contributed by atoms with E-state index in [1.54, 1.807) is 24.5 Å². The number of aromatic nitrogens is 5. The number of hydrogen-bond donors (Lipinski definition) is 2. The van der Waals surface area contributed by atoms with E-state index in [1.807, 2.05) is 18.9 Å². The number of rotatable bonds is 3. The lowest BCUT2D eigenvalue weighted by Crippen LogP contribution is -2.55. The van der Waals surface area contributed by atoms with Crippen LogP contribution in [0.3, 0.4) is 0 Å². The van der Waals surface area contributed by atoms with Gasteiger partial charge in [0.2, 0.25) is 0 Å². The lowest BCUT2D eigenvalue weighted by atomic mass is 9.96. The first-order chi connectivity index (χ1) is 14.0. The van der Waals surface area contributed by atoms with Crippen LogP contribution in [0.1, 0.15) is 25.0 Å². The standard InChI is InChI=1S/C20H22FN7O/c1-10-8-22-14-6-12(17(29)7-15(14)24-10)20-23-9-18(26-27-20)28(2)16-5-11-3-4-13(25-11)19(16)21/h6-9,11,13,16,19,25,29H,3-5H2,1-2H3/t11?,13?,16-,19+/m1/s1. The van der Waals surface area contributed by atoms with Crippen LogP contribution >= 0.6 is 0 Å². The minimum atomic E-state index is -0.952. The Morgan fingerprint density at radius 2 is 2.00 bits per heavy atom. The molecule has 2 aromatic heterocycles. The molecule has 1 aromatic carbocycles. The first-order valence-corrected chi connectivity index (χ1v) is 9.79. The van der Waals surface area contributed by atoms with Gasteiger partial charge >= 0.3 is 0 Å². The van der Waals surface area contributed by atoms with Crippen molar-refractivity contribution in [3.63, 3.8) is 0 Å². The number of anilines is 1. The molecule has 2 saturated heterocycles. The van der Waals surface area contributed by atoms with E-state index in [0.717, 1.165) is 25.0 Å². The summed E-state index contributed by atoms with van der Waals surface area (Å²) in [5.41, 5.74) is 2.44. The van der Waals surface area contributed by atoms with Gasteiger partial charge in [0, 0.05) is 31.4 Å². The molecule has 0 aliphatic carbocycles. The third-order valence-electron chi connectivity index (χ3n) is 5.98. The van der Waals surface area contributed by atoms with Crippen molar-refractivity contribution in [3.05, 3.63) is 30.2 Å². The number of aryl methyl sites for hydroxylation is 1. The van der Waals surface area contributed by atoms with Crippen LogP contribution in [0.15, 0.2) is 24.5 Å². The maximum absolute atomic E-state index is 14.8. The first-order valence-electron chi connectivity index (χ1n) is 9.79. The molecule has 4 heterocycles. The second-order valence-corrected chi connectivity index (χ2v) is 7.92. The van der Waals surface area contributed by atoms with E-state index in [0.29, 0.717) is 28.5 Å². The quantitative estimate of drug-likeness (QED) is 0.696. The Morgan fingerprint density at radius 3 is 2.79 bits per heavy atom. The van der Waals surface area contributed by atoms with E-state index in [-0.39, 0.29) is 23.7 Å². The molecule has 29 heavy (non-hydrogen) atoms. The summed E-state index contributed by atoms with van der Waals surface area (Å²) in [5.74, 6) is 0.809. The van der Waals surface area contributed by atoms with Gasteiger partial charge < -0.3 is 15.3 Å². The Hall–Kier alpha value is -2.94. The molecule has 2 fully saturated rings. The molecular formula is C20H22FN7O. The zero-order valence-electron chi connectivity index (χ0n) is 16.2. The highest BCUT2D eigenvalue weighted by molar-refractivity contribution is 5.83. The van der Waals surface area contributed by atoms with Gasteiger partial charge in [-0.05, 0) is 32.3 Å². The van der Waals surface area contributed by atoms with Crippen LogP contribution in [0.4, 0.5) is 10.2 Å². The number of benzene rings is 1. The maximum atomic E-state index is 14.8. The molecule has 2 bridgehead atoms. The SMILES string of the molecule is Cc1cnc2cc(-c3ncc(N(C)[C@@H]4CC5CCC(N5)[C@@H]4F)nn3)c(O)cc2n1. The van der Waals surface area contributed by atoms with Crippen LogP contribution < -0.4 is 10.2 Å². The summed E-state index contributed by atoms with van der Waals surface area (Å²) in [6.07, 6.45) is 4.92. The molecule has 5 rings (SSSR count). The van der Waals surface area contributed by atoms with Gasteiger partial charge in [0.15, 0.2) is 11.6 Å². The van der Waals surface area contributed by atoms with Gasteiger partial charge in [-0.25, -0.2) is 14.4 Å². The summed E-state index contributed by atoms with van der Waals surface area (Å²) in [6.45, 7) is 1.84. The lowest BCUT2D eigenvalue weighted by Gasteiger charge is -2.38. The summed E-state index contributed by atoms with van der Waals surface area (Å²) in [7, 11) is 1.83. The lowest BCUT2D eigenvalue weighted by molar-refractivity contribution is 0.176. The van der Waals surface area contributed by atoms with Crippen molar-refractivity contribution in [2.45, 2.75) is 50.5 Å². The number of halogens is 1. The topological polar surface area (TPSA) is 100.0 Å². The molecule has 150 valence electrons. The monoisotopic (exact) mass is 395 g/mol. The molecular weight excluding hydrogens is 373 g/mol. The molecule has 4 atom stereocenters. The van der Waals surface area contributed by atoms with Gasteiger partial charge in [0.1, 0.15) is 11.9 Å². The van der Waals surface area contributed by atoms with Crippen molar-refractivity contribution in [1.29, 1.82) is 0 Å². The molecule has 3 aromatic rings. The number of fused-ring (bicyclic) bond motifs is 3. The van der Waals surface area contributed by atoms with Gasteiger partial charge in [-0.1, -0.05) is 0 Å². The predicted octanol–water partition coefficient (Wildman–Crippen LogP) is 2.16. The van der Waals surface area contributed by atoms with Crippen molar-refractivity contribution in [2.75, 3.05) is 11.9 Å². The largest absolute Gasteiger partial charge is 0.507 e.